The van der Waals surface area contributed by atoms with Crippen LogP contribution in [0.5, 0.6) is 0 Å². The highest BCUT2D eigenvalue weighted by atomic mass is 35.5. The fraction of sp³-hybridized carbons (Fsp3) is 0.556. The second-order valence-electron chi connectivity index (χ2n) is 8.18. The summed E-state index contributed by atoms with van der Waals surface area (Å²) in [6, 6.07) is 4.09. The first kappa shape index (κ1) is 17.1. The number of ether oxygens (including phenoxy) is 1. The van der Waals surface area contributed by atoms with Crippen LogP contribution in [0.25, 0.3) is 11.3 Å². The molecule has 0 aromatic carbocycles. The third-order valence-corrected chi connectivity index (χ3v) is 7.09. The minimum atomic E-state index is -4.34. The van der Waals surface area contributed by atoms with Crippen LogP contribution >= 0.6 is 11.6 Å². The maximum Gasteiger partial charge on any atom is 0.408 e. The van der Waals surface area contributed by atoms with Gasteiger partial charge in [-0.2, -0.15) is 18.3 Å². The number of alkyl halides is 3. The fourth-order valence-corrected chi connectivity index (χ4v) is 5.59. The van der Waals surface area contributed by atoms with Crippen molar-refractivity contribution in [2.24, 2.45) is 11.8 Å². The highest BCUT2D eigenvalue weighted by Crippen LogP contribution is 2.86. The lowest BCUT2D eigenvalue weighted by Gasteiger charge is -2.34. The Labute approximate surface area is 163 Å². The molecule has 2 aromatic heterocycles. The van der Waals surface area contributed by atoms with Gasteiger partial charge in [0.1, 0.15) is 12.4 Å². The number of fused-ring (bicyclic) bond motifs is 1. The molecule has 28 heavy (non-hydrogen) atoms. The van der Waals surface area contributed by atoms with Crippen LogP contribution in [0.15, 0.2) is 18.3 Å². The summed E-state index contributed by atoms with van der Waals surface area (Å²) in [7, 11) is 0. The third-order valence-electron chi connectivity index (χ3n) is 6.78. The second kappa shape index (κ2) is 5.20. The summed E-state index contributed by atoms with van der Waals surface area (Å²) >= 11 is 6.04. The predicted molar refractivity (Wildman–Crippen MR) is 94.7 cm³/mol. The number of aromatic nitrogens is 3. The molecule has 7 rings (SSSR count). The molecule has 5 fully saturated rings. The van der Waals surface area contributed by atoms with E-state index in [-0.39, 0.29) is 16.3 Å². The summed E-state index contributed by atoms with van der Waals surface area (Å²) < 4.78 is 46.1. The molecule has 2 N–H and O–H groups in total. The van der Waals surface area contributed by atoms with Gasteiger partial charge < -0.3 is 10.5 Å². The molecule has 6 nitrogen and oxygen atoms in total. The van der Waals surface area contributed by atoms with E-state index in [0.29, 0.717) is 54.1 Å². The first-order valence-corrected chi connectivity index (χ1v) is 9.58. The van der Waals surface area contributed by atoms with E-state index in [9.17, 15) is 13.2 Å². The molecule has 4 atom stereocenters. The lowest BCUT2D eigenvalue weighted by Crippen LogP contribution is -2.48. The zero-order chi connectivity index (χ0) is 19.4. The van der Waals surface area contributed by atoms with Crippen LogP contribution in [0.3, 0.4) is 0 Å². The topological polar surface area (TPSA) is 69.2 Å². The number of hydrogen-bond acceptors (Lipinski definition) is 5. The largest absolute Gasteiger partial charge is 0.408 e. The van der Waals surface area contributed by atoms with Crippen LogP contribution in [0.4, 0.5) is 19.0 Å². The summed E-state index contributed by atoms with van der Waals surface area (Å²) in [5.74, 6) is 1.04. The summed E-state index contributed by atoms with van der Waals surface area (Å²) in [5, 5.41) is 4.54. The molecule has 0 spiro atoms. The molecule has 10 heteroatoms. The molecule has 148 valence electrons. The van der Waals surface area contributed by atoms with Crippen LogP contribution in [-0.2, 0) is 16.7 Å². The molecular weight excluding hydrogens is 395 g/mol. The third kappa shape index (κ3) is 2.12. The molecule has 3 saturated heterocycles. The molecule has 5 aliphatic rings. The summed E-state index contributed by atoms with van der Waals surface area (Å²) in [5.41, 5.74) is 7.14. The van der Waals surface area contributed by atoms with E-state index in [1.165, 1.54) is 6.20 Å². The van der Waals surface area contributed by atoms with Crippen molar-refractivity contribution in [3.63, 3.8) is 0 Å². The van der Waals surface area contributed by atoms with Crippen molar-refractivity contribution in [3.05, 3.63) is 29.0 Å². The van der Waals surface area contributed by atoms with E-state index in [2.05, 4.69) is 15.0 Å². The highest BCUT2D eigenvalue weighted by Gasteiger charge is 2.94. The lowest BCUT2D eigenvalue weighted by molar-refractivity contribution is -0.143. The van der Waals surface area contributed by atoms with E-state index in [1.54, 1.807) is 12.1 Å². The van der Waals surface area contributed by atoms with Gasteiger partial charge in [-0.25, -0.2) is 4.98 Å². The number of rotatable bonds is 4. The summed E-state index contributed by atoms with van der Waals surface area (Å²) in [4.78, 5) is 6.43. The quantitative estimate of drug-likeness (QED) is 0.836. The molecular formula is C18H17ClF3N5O. The molecule has 1 unspecified atom stereocenters. The standard InChI is InChI=1S/C18H17ClF3N5O/c19-11-1-8(3-24-16(11)23)12-2-13(27(25-12)7-17(20,21)22)18-10-4-26(9-5-28-6-9)15(18)14(10)18/h1-3,9-10,14-15H,4-7H2,(H2,23,24)/t10-,14-,15?,18-/m1/s1. The zero-order valence-corrected chi connectivity index (χ0v) is 15.4. The number of nitrogen functional groups attached to an aromatic ring is 1. The van der Waals surface area contributed by atoms with E-state index in [4.69, 9.17) is 22.1 Å². The van der Waals surface area contributed by atoms with Crippen LogP contribution in [-0.4, -0.2) is 57.7 Å². The van der Waals surface area contributed by atoms with Gasteiger partial charge in [0.2, 0.25) is 0 Å². The van der Waals surface area contributed by atoms with Gasteiger partial charge in [0.15, 0.2) is 0 Å². The number of nitrogens with zero attached hydrogens (tertiary/aromatic N) is 4. The van der Waals surface area contributed by atoms with Crippen molar-refractivity contribution in [1.82, 2.24) is 19.7 Å². The number of nitrogens with two attached hydrogens (primary N) is 1. The van der Waals surface area contributed by atoms with Crippen molar-refractivity contribution < 1.29 is 17.9 Å². The summed E-state index contributed by atoms with van der Waals surface area (Å²) in [6.07, 6.45) is -2.85. The Hall–Kier alpha value is -1.84. The summed E-state index contributed by atoms with van der Waals surface area (Å²) in [6.45, 7) is 1.27. The number of pyridine rings is 1. The monoisotopic (exact) mass is 411 g/mol. The van der Waals surface area contributed by atoms with Gasteiger partial charge in [0.05, 0.1) is 30.0 Å². The SMILES string of the molecule is Nc1ncc(-c2cc([C@@]34C5[C@H]3[C@H]4CN5C3COC3)n(CC(F)(F)F)n2)cc1Cl. The minimum absolute atomic E-state index is 0.180. The Balaban J connectivity index is 1.38. The van der Waals surface area contributed by atoms with Gasteiger partial charge in [-0.05, 0) is 24.0 Å². The predicted octanol–water partition coefficient (Wildman–Crippen LogP) is 2.32. The zero-order valence-electron chi connectivity index (χ0n) is 14.7. The van der Waals surface area contributed by atoms with E-state index >= 15 is 0 Å². The number of halogens is 4. The van der Waals surface area contributed by atoms with E-state index in [0.717, 1.165) is 11.2 Å². The molecule has 0 radical (unpaired) electrons. The molecule has 2 aromatic rings. The minimum Gasteiger partial charge on any atom is -0.382 e. The molecule has 2 bridgehead atoms. The maximum atomic E-state index is 13.2. The smallest absolute Gasteiger partial charge is 0.382 e. The Morgan fingerprint density at radius 1 is 1.32 bits per heavy atom. The van der Waals surface area contributed by atoms with Crippen LogP contribution < -0.4 is 5.73 Å². The Morgan fingerprint density at radius 2 is 2.11 bits per heavy atom. The maximum absolute atomic E-state index is 13.2. The van der Waals surface area contributed by atoms with Gasteiger partial charge in [-0.15, -0.1) is 0 Å². The Kier molecular flexibility index (Phi) is 3.17. The molecule has 5 heterocycles. The first-order chi connectivity index (χ1) is 13.3. The van der Waals surface area contributed by atoms with Crippen LogP contribution in [0.2, 0.25) is 5.02 Å². The van der Waals surface area contributed by atoms with Crippen molar-refractivity contribution in [2.75, 3.05) is 25.5 Å². The van der Waals surface area contributed by atoms with Gasteiger partial charge in [0, 0.05) is 35.5 Å². The van der Waals surface area contributed by atoms with Gasteiger partial charge in [-0.3, -0.25) is 9.58 Å². The van der Waals surface area contributed by atoms with E-state index in [1.807, 2.05) is 0 Å². The fourth-order valence-electron chi connectivity index (χ4n) is 5.42. The Morgan fingerprint density at radius 3 is 2.71 bits per heavy atom. The lowest BCUT2D eigenvalue weighted by atomic mass is 10.0. The molecule has 2 aliphatic carbocycles. The number of hydrogen-bond donors (Lipinski definition) is 1. The van der Waals surface area contributed by atoms with Crippen LogP contribution in [0, 0.1) is 11.8 Å². The number of piperidine rings is 1. The average molecular weight is 412 g/mol. The molecule has 3 aliphatic heterocycles. The van der Waals surface area contributed by atoms with E-state index < -0.39 is 12.7 Å². The highest BCUT2D eigenvalue weighted by molar-refractivity contribution is 6.33. The van der Waals surface area contributed by atoms with Crippen molar-refractivity contribution in [2.45, 2.75) is 30.2 Å². The Bertz CT molecular complexity index is 984. The van der Waals surface area contributed by atoms with Crippen molar-refractivity contribution in [3.8, 4) is 11.3 Å². The first-order valence-electron chi connectivity index (χ1n) is 9.20. The van der Waals surface area contributed by atoms with Gasteiger partial charge in [0.25, 0.3) is 0 Å². The molecule has 2 saturated carbocycles. The number of anilines is 1. The normalized spacial score (nSPS) is 33.6. The second-order valence-corrected chi connectivity index (χ2v) is 8.58. The van der Waals surface area contributed by atoms with Gasteiger partial charge >= 0.3 is 6.18 Å². The molecule has 0 amide bonds. The van der Waals surface area contributed by atoms with Crippen LogP contribution in [0.1, 0.15) is 5.69 Å². The van der Waals surface area contributed by atoms with Gasteiger partial charge in [-0.1, -0.05) is 11.6 Å². The van der Waals surface area contributed by atoms with Crippen molar-refractivity contribution >= 4 is 17.4 Å². The average Bonchev–Trinajstić information content (AvgIpc) is 3.14. The van der Waals surface area contributed by atoms with Crippen molar-refractivity contribution in [1.29, 1.82) is 0 Å².